The van der Waals surface area contributed by atoms with E-state index in [2.05, 4.69) is 6.07 Å². The van der Waals surface area contributed by atoms with Gasteiger partial charge >= 0.3 is 0 Å². The van der Waals surface area contributed by atoms with Crippen LogP contribution in [0.5, 0.6) is 0 Å². The first-order chi connectivity index (χ1) is 13.6. The van der Waals surface area contributed by atoms with Crippen LogP contribution in [0.1, 0.15) is 41.1 Å². The van der Waals surface area contributed by atoms with Crippen LogP contribution in [0.4, 0.5) is 5.69 Å². The minimum absolute atomic E-state index is 0.0393. The van der Waals surface area contributed by atoms with Crippen LogP contribution in [0.15, 0.2) is 29.1 Å². The van der Waals surface area contributed by atoms with Crippen LogP contribution in [0.2, 0.25) is 0 Å². The van der Waals surface area contributed by atoms with Crippen LogP contribution < -0.4 is 10.5 Å². The number of hydrogen-bond donors (Lipinski definition) is 0. The maximum atomic E-state index is 13.3. The molecule has 3 heterocycles. The zero-order valence-corrected chi connectivity index (χ0v) is 16.8. The fourth-order valence-corrected chi connectivity index (χ4v) is 5.84. The number of nitrogens with zero attached hydrogens (tertiary/aromatic N) is 3. The van der Waals surface area contributed by atoms with Gasteiger partial charge in [-0.2, -0.15) is 0 Å². The molecule has 0 unspecified atom stereocenters. The molecule has 0 spiro atoms. The number of rotatable bonds is 2. The molecule has 1 aliphatic heterocycles. The minimum atomic E-state index is -0.0551. The number of para-hydroxylation sites is 1. The highest BCUT2D eigenvalue weighted by Crippen LogP contribution is 2.34. The molecule has 5 rings (SSSR count). The van der Waals surface area contributed by atoms with E-state index in [1.54, 1.807) is 15.9 Å². The third-order valence-electron chi connectivity index (χ3n) is 5.97. The third kappa shape index (κ3) is 2.78. The summed E-state index contributed by atoms with van der Waals surface area (Å²) >= 11 is 1.65. The van der Waals surface area contributed by atoms with E-state index in [4.69, 9.17) is 4.98 Å². The van der Waals surface area contributed by atoms with E-state index in [-0.39, 0.29) is 18.0 Å². The van der Waals surface area contributed by atoms with Crippen molar-refractivity contribution in [1.82, 2.24) is 9.55 Å². The number of thiophene rings is 1. The van der Waals surface area contributed by atoms with Gasteiger partial charge in [-0.1, -0.05) is 18.2 Å². The second kappa shape index (κ2) is 6.85. The van der Waals surface area contributed by atoms with E-state index in [0.29, 0.717) is 12.4 Å². The first-order valence-electron chi connectivity index (χ1n) is 10.0. The molecule has 2 aliphatic rings. The number of carbonyl (C=O) groups excluding carboxylic acids is 1. The molecular weight excluding hydrogens is 370 g/mol. The maximum Gasteiger partial charge on any atom is 0.263 e. The van der Waals surface area contributed by atoms with Gasteiger partial charge < -0.3 is 4.90 Å². The number of aryl methyl sites for hydroxylation is 4. The van der Waals surface area contributed by atoms with Crippen molar-refractivity contribution in [3.8, 4) is 0 Å². The van der Waals surface area contributed by atoms with Crippen molar-refractivity contribution in [2.75, 3.05) is 11.4 Å². The Hall–Kier alpha value is -2.47. The average Bonchev–Trinajstić information content (AvgIpc) is 3.08. The van der Waals surface area contributed by atoms with Crippen molar-refractivity contribution < 1.29 is 4.79 Å². The van der Waals surface area contributed by atoms with Gasteiger partial charge in [0.25, 0.3) is 5.56 Å². The lowest BCUT2D eigenvalue weighted by Gasteiger charge is -2.29. The number of hydrogen-bond acceptors (Lipinski definition) is 4. The van der Waals surface area contributed by atoms with Gasteiger partial charge in [0.1, 0.15) is 17.2 Å². The van der Waals surface area contributed by atoms with Crippen molar-refractivity contribution in [1.29, 1.82) is 0 Å². The Morgan fingerprint density at radius 1 is 1.14 bits per heavy atom. The average molecular weight is 394 g/mol. The first-order valence-corrected chi connectivity index (χ1v) is 10.8. The summed E-state index contributed by atoms with van der Waals surface area (Å²) in [6, 6.07) is 8.06. The van der Waals surface area contributed by atoms with Crippen LogP contribution in [-0.4, -0.2) is 22.0 Å². The summed E-state index contributed by atoms with van der Waals surface area (Å²) in [6.45, 7) is 2.58. The van der Waals surface area contributed by atoms with E-state index in [1.807, 2.05) is 30.0 Å². The van der Waals surface area contributed by atoms with E-state index in [0.717, 1.165) is 48.0 Å². The topological polar surface area (TPSA) is 55.2 Å². The second-order valence-corrected chi connectivity index (χ2v) is 8.80. The van der Waals surface area contributed by atoms with Crippen LogP contribution in [0, 0.1) is 6.92 Å². The molecule has 0 saturated heterocycles. The van der Waals surface area contributed by atoms with Crippen molar-refractivity contribution in [3.63, 3.8) is 0 Å². The molecule has 1 aromatic carbocycles. The first kappa shape index (κ1) is 17.6. The van der Waals surface area contributed by atoms with Crippen LogP contribution in [-0.2, 0) is 30.6 Å². The Morgan fingerprint density at radius 2 is 1.96 bits per heavy atom. The van der Waals surface area contributed by atoms with Gasteiger partial charge in [-0.25, -0.2) is 4.98 Å². The van der Waals surface area contributed by atoms with Crippen molar-refractivity contribution >= 4 is 33.1 Å². The number of carbonyl (C=O) groups is 1. The Bertz CT molecular complexity index is 1140. The molecule has 0 radical (unpaired) electrons. The molecule has 144 valence electrons. The van der Waals surface area contributed by atoms with Gasteiger partial charge in [0.15, 0.2) is 0 Å². The highest BCUT2D eigenvalue weighted by atomic mass is 32.1. The van der Waals surface area contributed by atoms with Gasteiger partial charge in [-0.3, -0.25) is 14.2 Å². The van der Waals surface area contributed by atoms with Gasteiger partial charge in [0.05, 0.1) is 5.39 Å². The number of amides is 1. The maximum absolute atomic E-state index is 13.3. The summed E-state index contributed by atoms with van der Waals surface area (Å²) in [5.41, 5.74) is 3.30. The highest BCUT2D eigenvalue weighted by Gasteiger charge is 2.25. The predicted molar refractivity (Wildman–Crippen MR) is 112 cm³/mol. The molecule has 0 atom stereocenters. The molecule has 1 aliphatic carbocycles. The minimum Gasteiger partial charge on any atom is -0.311 e. The number of anilines is 1. The Morgan fingerprint density at radius 3 is 2.86 bits per heavy atom. The van der Waals surface area contributed by atoms with E-state index in [9.17, 15) is 9.59 Å². The van der Waals surface area contributed by atoms with E-state index >= 15 is 0 Å². The second-order valence-electron chi connectivity index (χ2n) is 7.72. The smallest absolute Gasteiger partial charge is 0.263 e. The quantitative estimate of drug-likeness (QED) is 0.668. The van der Waals surface area contributed by atoms with Crippen molar-refractivity contribution in [2.45, 2.75) is 52.0 Å². The molecule has 6 heteroatoms. The zero-order valence-electron chi connectivity index (χ0n) is 16.0. The molecule has 0 bridgehead atoms. The fourth-order valence-electron chi connectivity index (χ4n) is 4.54. The summed E-state index contributed by atoms with van der Waals surface area (Å²) in [5, 5.41) is 0.747. The summed E-state index contributed by atoms with van der Waals surface area (Å²) < 4.78 is 1.57. The zero-order chi connectivity index (χ0) is 19.3. The lowest BCUT2D eigenvalue weighted by Crippen LogP contribution is -2.40. The molecule has 28 heavy (non-hydrogen) atoms. The molecule has 5 nitrogen and oxygen atoms in total. The van der Waals surface area contributed by atoms with Crippen molar-refractivity contribution in [2.24, 2.45) is 0 Å². The Balaban J connectivity index is 1.54. The molecule has 0 fully saturated rings. The Labute approximate surface area is 167 Å². The summed E-state index contributed by atoms with van der Waals surface area (Å²) in [6.07, 6.45) is 6.23. The van der Waals surface area contributed by atoms with Crippen LogP contribution in [0.25, 0.3) is 10.2 Å². The normalized spacial score (nSPS) is 16.1. The molecule has 0 saturated carbocycles. The summed E-state index contributed by atoms with van der Waals surface area (Å²) in [4.78, 5) is 35.1. The summed E-state index contributed by atoms with van der Waals surface area (Å²) in [5.74, 6) is 0.581. The highest BCUT2D eigenvalue weighted by molar-refractivity contribution is 7.18. The molecule has 3 aromatic rings. The lowest BCUT2D eigenvalue weighted by atomic mass is 9.97. The standard InChI is InChI=1S/C22H23N3O2S/c1-14-23-21-20(16-9-3-5-11-18(16)28-21)22(27)25(14)13-19(26)24-12-6-8-15-7-2-4-10-17(15)24/h2,4,7,10H,3,5-6,8-9,11-13H2,1H3. The SMILES string of the molecule is Cc1nc2sc3c(c2c(=O)n1CC(=O)N1CCCc2ccccc21)CCCC3. The number of aromatic nitrogens is 2. The van der Waals surface area contributed by atoms with Crippen LogP contribution >= 0.6 is 11.3 Å². The number of fused-ring (bicyclic) bond motifs is 4. The molecule has 2 aromatic heterocycles. The molecule has 1 amide bonds. The summed E-state index contributed by atoms with van der Waals surface area (Å²) in [7, 11) is 0. The van der Waals surface area contributed by atoms with Crippen molar-refractivity contribution in [3.05, 3.63) is 56.4 Å². The predicted octanol–water partition coefficient (Wildman–Crippen LogP) is 3.62. The molecular formula is C22H23N3O2S. The Kier molecular flexibility index (Phi) is 4.31. The number of benzene rings is 1. The lowest BCUT2D eigenvalue weighted by molar-refractivity contribution is -0.119. The van der Waals surface area contributed by atoms with Gasteiger partial charge in [0, 0.05) is 17.1 Å². The monoisotopic (exact) mass is 393 g/mol. The third-order valence-corrected chi connectivity index (χ3v) is 7.16. The van der Waals surface area contributed by atoms with Gasteiger partial charge in [0.2, 0.25) is 5.91 Å². The van der Waals surface area contributed by atoms with E-state index in [1.165, 1.54) is 22.4 Å². The fraction of sp³-hybridized carbons (Fsp3) is 0.409. The van der Waals surface area contributed by atoms with Gasteiger partial charge in [-0.05, 0) is 62.6 Å². The van der Waals surface area contributed by atoms with E-state index < -0.39 is 0 Å². The molecule has 0 N–H and O–H groups in total. The largest absolute Gasteiger partial charge is 0.311 e. The van der Waals surface area contributed by atoms with Gasteiger partial charge in [-0.15, -0.1) is 11.3 Å². The van der Waals surface area contributed by atoms with Crippen LogP contribution in [0.3, 0.4) is 0 Å².